The number of nitro groups is 1. The van der Waals surface area contributed by atoms with E-state index in [1.165, 1.54) is 19.3 Å². The van der Waals surface area contributed by atoms with Crippen LogP contribution in [0.2, 0.25) is 0 Å². The standard InChI is InChI=1S/C14H21BrN2O2/c1-11(2)5-3-4-8-16-10-12-6-7-13(17(18)19)9-14(12)15/h6-7,9,11,16H,3-5,8,10H2,1-2H3. The first-order valence-electron chi connectivity index (χ1n) is 6.64. The zero-order valence-electron chi connectivity index (χ0n) is 11.5. The van der Waals surface area contributed by atoms with Crippen molar-refractivity contribution >= 4 is 21.6 Å². The minimum atomic E-state index is -0.381. The van der Waals surface area contributed by atoms with Crippen LogP contribution in [0, 0.1) is 16.0 Å². The molecular weight excluding hydrogens is 308 g/mol. The Kier molecular flexibility index (Phi) is 7.02. The minimum Gasteiger partial charge on any atom is -0.313 e. The summed E-state index contributed by atoms with van der Waals surface area (Å²) in [5.41, 5.74) is 1.17. The van der Waals surface area contributed by atoms with Crippen LogP contribution in [0.4, 0.5) is 5.69 Å². The SMILES string of the molecule is CC(C)CCCCNCc1ccc([N+](=O)[O-])cc1Br. The lowest BCUT2D eigenvalue weighted by atomic mass is 10.1. The Hall–Kier alpha value is -0.940. The Bertz CT molecular complexity index is 422. The fourth-order valence-electron chi connectivity index (χ4n) is 1.82. The van der Waals surface area contributed by atoms with Crippen molar-refractivity contribution in [3.63, 3.8) is 0 Å². The number of nitrogens with zero attached hydrogens (tertiary/aromatic N) is 1. The molecule has 0 unspecified atom stereocenters. The normalized spacial score (nSPS) is 10.9. The first-order valence-corrected chi connectivity index (χ1v) is 7.43. The number of rotatable bonds is 8. The minimum absolute atomic E-state index is 0.118. The summed E-state index contributed by atoms with van der Waals surface area (Å²) in [6.07, 6.45) is 3.68. The van der Waals surface area contributed by atoms with Gasteiger partial charge in [-0.2, -0.15) is 0 Å². The monoisotopic (exact) mass is 328 g/mol. The summed E-state index contributed by atoms with van der Waals surface area (Å²) in [7, 11) is 0. The topological polar surface area (TPSA) is 55.2 Å². The van der Waals surface area contributed by atoms with Crippen molar-refractivity contribution in [2.75, 3.05) is 6.54 Å². The van der Waals surface area contributed by atoms with E-state index in [4.69, 9.17) is 0 Å². The maximum absolute atomic E-state index is 10.6. The quantitative estimate of drug-likeness (QED) is 0.440. The summed E-state index contributed by atoms with van der Waals surface area (Å²) in [6, 6.07) is 4.89. The number of benzene rings is 1. The van der Waals surface area contributed by atoms with Gasteiger partial charge in [0.1, 0.15) is 0 Å². The number of halogens is 1. The molecule has 0 saturated heterocycles. The van der Waals surface area contributed by atoms with Gasteiger partial charge >= 0.3 is 0 Å². The van der Waals surface area contributed by atoms with Crippen LogP contribution >= 0.6 is 15.9 Å². The number of hydrogen-bond donors (Lipinski definition) is 1. The van der Waals surface area contributed by atoms with Crippen molar-refractivity contribution in [1.29, 1.82) is 0 Å². The molecule has 106 valence electrons. The zero-order valence-corrected chi connectivity index (χ0v) is 13.1. The van der Waals surface area contributed by atoms with Crippen LogP contribution in [0.15, 0.2) is 22.7 Å². The predicted octanol–water partition coefficient (Wildman–Crippen LogP) is 4.27. The molecule has 0 aliphatic heterocycles. The Balaban J connectivity index is 2.32. The molecule has 0 heterocycles. The van der Waals surface area contributed by atoms with E-state index in [9.17, 15) is 10.1 Å². The van der Waals surface area contributed by atoms with Gasteiger partial charge in [-0.1, -0.05) is 42.6 Å². The molecule has 0 amide bonds. The molecule has 0 aliphatic carbocycles. The highest BCUT2D eigenvalue weighted by Crippen LogP contribution is 2.22. The molecule has 0 bridgehead atoms. The lowest BCUT2D eigenvalue weighted by molar-refractivity contribution is -0.384. The molecule has 0 fully saturated rings. The number of nitro benzene ring substituents is 1. The summed E-state index contributed by atoms with van der Waals surface area (Å²) in [4.78, 5) is 10.2. The third-order valence-corrected chi connectivity index (χ3v) is 3.69. The number of hydrogen-bond acceptors (Lipinski definition) is 3. The largest absolute Gasteiger partial charge is 0.313 e. The second-order valence-corrected chi connectivity index (χ2v) is 5.95. The van der Waals surface area contributed by atoms with Crippen LogP contribution < -0.4 is 5.32 Å². The second-order valence-electron chi connectivity index (χ2n) is 5.10. The van der Waals surface area contributed by atoms with Crippen LogP contribution in [0.1, 0.15) is 38.7 Å². The predicted molar refractivity (Wildman–Crippen MR) is 81.2 cm³/mol. The van der Waals surface area contributed by atoms with Gasteiger partial charge in [-0.05, 0) is 30.5 Å². The van der Waals surface area contributed by atoms with E-state index >= 15 is 0 Å². The van der Waals surface area contributed by atoms with Gasteiger partial charge in [0.2, 0.25) is 0 Å². The fourth-order valence-corrected chi connectivity index (χ4v) is 2.33. The summed E-state index contributed by atoms with van der Waals surface area (Å²) in [6.45, 7) is 6.19. The van der Waals surface area contributed by atoms with Crippen molar-refractivity contribution in [1.82, 2.24) is 5.32 Å². The molecule has 0 spiro atoms. The number of unbranched alkanes of at least 4 members (excludes halogenated alkanes) is 1. The van der Waals surface area contributed by atoms with E-state index in [1.54, 1.807) is 18.2 Å². The van der Waals surface area contributed by atoms with Crippen LogP contribution in [0.25, 0.3) is 0 Å². The van der Waals surface area contributed by atoms with Gasteiger partial charge in [-0.3, -0.25) is 10.1 Å². The number of nitrogens with one attached hydrogen (secondary N) is 1. The Morgan fingerprint density at radius 3 is 2.68 bits per heavy atom. The molecule has 0 saturated carbocycles. The highest BCUT2D eigenvalue weighted by molar-refractivity contribution is 9.10. The average molecular weight is 329 g/mol. The molecule has 0 aliphatic rings. The molecular formula is C14H21BrN2O2. The molecule has 1 aromatic carbocycles. The van der Waals surface area contributed by atoms with Gasteiger partial charge in [0.25, 0.3) is 5.69 Å². The van der Waals surface area contributed by atoms with Crippen LogP contribution in [-0.4, -0.2) is 11.5 Å². The Morgan fingerprint density at radius 2 is 2.11 bits per heavy atom. The molecule has 0 atom stereocenters. The maximum atomic E-state index is 10.6. The van der Waals surface area contributed by atoms with E-state index in [0.29, 0.717) is 0 Å². The highest BCUT2D eigenvalue weighted by Gasteiger charge is 2.08. The van der Waals surface area contributed by atoms with E-state index in [2.05, 4.69) is 35.1 Å². The molecule has 1 aromatic rings. The average Bonchev–Trinajstić information content (AvgIpc) is 2.34. The van der Waals surface area contributed by atoms with Crippen molar-refractivity contribution in [2.45, 2.75) is 39.7 Å². The molecule has 0 radical (unpaired) electrons. The summed E-state index contributed by atoms with van der Waals surface area (Å²) >= 11 is 3.37. The van der Waals surface area contributed by atoms with Crippen LogP contribution in [-0.2, 0) is 6.54 Å². The van der Waals surface area contributed by atoms with E-state index < -0.39 is 0 Å². The fraction of sp³-hybridized carbons (Fsp3) is 0.571. The van der Waals surface area contributed by atoms with E-state index in [0.717, 1.165) is 29.0 Å². The second kappa shape index (κ2) is 8.27. The van der Waals surface area contributed by atoms with Crippen molar-refractivity contribution in [3.05, 3.63) is 38.3 Å². The van der Waals surface area contributed by atoms with E-state index in [1.807, 2.05) is 0 Å². The highest BCUT2D eigenvalue weighted by atomic mass is 79.9. The van der Waals surface area contributed by atoms with Crippen molar-refractivity contribution < 1.29 is 4.92 Å². The third kappa shape index (κ3) is 6.16. The first-order chi connectivity index (χ1) is 9.00. The smallest absolute Gasteiger partial charge is 0.270 e. The van der Waals surface area contributed by atoms with Gasteiger partial charge in [0, 0.05) is 23.2 Å². The number of non-ortho nitro benzene ring substituents is 1. The zero-order chi connectivity index (χ0) is 14.3. The Morgan fingerprint density at radius 1 is 1.37 bits per heavy atom. The maximum Gasteiger partial charge on any atom is 0.270 e. The first kappa shape index (κ1) is 16.1. The molecule has 1 N–H and O–H groups in total. The molecule has 0 aromatic heterocycles. The van der Waals surface area contributed by atoms with Gasteiger partial charge in [0.05, 0.1) is 4.92 Å². The summed E-state index contributed by atoms with van der Waals surface area (Å²) in [5.74, 6) is 0.767. The van der Waals surface area contributed by atoms with Gasteiger partial charge in [-0.15, -0.1) is 0 Å². The van der Waals surface area contributed by atoms with Crippen molar-refractivity contribution in [2.24, 2.45) is 5.92 Å². The third-order valence-electron chi connectivity index (χ3n) is 2.95. The lowest BCUT2D eigenvalue weighted by Crippen LogP contribution is -2.15. The van der Waals surface area contributed by atoms with Gasteiger partial charge in [0.15, 0.2) is 0 Å². The van der Waals surface area contributed by atoms with Gasteiger partial charge < -0.3 is 5.32 Å². The van der Waals surface area contributed by atoms with Crippen LogP contribution in [0.3, 0.4) is 0 Å². The van der Waals surface area contributed by atoms with Crippen LogP contribution in [0.5, 0.6) is 0 Å². The van der Waals surface area contributed by atoms with E-state index in [-0.39, 0.29) is 10.6 Å². The lowest BCUT2D eigenvalue weighted by Gasteiger charge is -2.08. The van der Waals surface area contributed by atoms with Gasteiger partial charge in [-0.25, -0.2) is 0 Å². The Labute approximate surface area is 122 Å². The molecule has 4 nitrogen and oxygen atoms in total. The van der Waals surface area contributed by atoms with Crippen molar-refractivity contribution in [3.8, 4) is 0 Å². The summed E-state index contributed by atoms with van der Waals surface area (Å²) < 4.78 is 0.788. The summed E-state index contributed by atoms with van der Waals surface area (Å²) in [5, 5.41) is 14.0. The molecule has 1 rings (SSSR count). The molecule has 19 heavy (non-hydrogen) atoms. The molecule has 5 heteroatoms.